The molecule has 3 aromatic heterocycles. The van der Waals surface area contributed by atoms with Crippen LogP contribution in [0.2, 0.25) is 0 Å². The Morgan fingerprint density at radius 2 is 2.16 bits per heavy atom. The Hall–Kier alpha value is -4.08. The lowest BCUT2D eigenvalue weighted by Gasteiger charge is -2.12. The second-order valence-electron chi connectivity index (χ2n) is 7.63. The van der Waals surface area contributed by atoms with Gasteiger partial charge in [-0.2, -0.15) is 5.10 Å². The highest BCUT2D eigenvalue weighted by Gasteiger charge is 2.26. The highest BCUT2D eigenvalue weighted by atomic mass is 19.1. The number of fused-ring (bicyclic) bond motifs is 1. The maximum Gasteiger partial charge on any atom is 0.252 e. The molecule has 1 saturated carbocycles. The molecule has 32 heavy (non-hydrogen) atoms. The second kappa shape index (κ2) is 7.88. The second-order valence-corrected chi connectivity index (χ2v) is 7.63. The van der Waals surface area contributed by atoms with E-state index in [1.165, 1.54) is 31.8 Å². The summed E-state index contributed by atoms with van der Waals surface area (Å²) in [7, 11) is 1.49. The lowest BCUT2D eigenvalue weighted by atomic mass is 10.2. The number of amides is 1. The monoisotopic (exact) mass is 433 g/mol. The number of methoxy groups -OCH3 is 1. The van der Waals surface area contributed by atoms with Gasteiger partial charge in [0.1, 0.15) is 17.0 Å². The summed E-state index contributed by atoms with van der Waals surface area (Å²) in [4.78, 5) is 24.7. The number of benzene rings is 1. The van der Waals surface area contributed by atoms with Crippen molar-refractivity contribution < 1.29 is 13.9 Å². The third-order valence-corrected chi connectivity index (χ3v) is 5.38. The standard InChI is InChI=1S/C22H20FN7O2/c1-32-17-10-26-22(28-21(17)27-16-7-8-25-9-14(16)20(24)31)18-13-3-2-4-15(23)19(13)30(29-18)11-12-5-6-12/h2-4,7-10,12H,5-6,11H2,1H3,(H2,24,31)(H,25,26,27,28). The summed E-state index contributed by atoms with van der Waals surface area (Å²) in [6.07, 6.45) is 6.63. The molecule has 5 rings (SSSR count). The van der Waals surface area contributed by atoms with Gasteiger partial charge in [0.25, 0.3) is 5.91 Å². The molecule has 0 bridgehead atoms. The average molecular weight is 433 g/mol. The summed E-state index contributed by atoms with van der Waals surface area (Å²) < 4.78 is 21.7. The molecule has 0 unspecified atom stereocenters. The molecular formula is C22H20FN7O2. The van der Waals surface area contributed by atoms with Gasteiger partial charge in [0.15, 0.2) is 17.4 Å². The Balaban J connectivity index is 1.61. The third-order valence-electron chi connectivity index (χ3n) is 5.38. The molecule has 1 aromatic carbocycles. The van der Waals surface area contributed by atoms with Crippen molar-refractivity contribution in [1.29, 1.82) is 0 Å². The molecule has 1 fully saturated rings. The summed E-state index contributed by atoms with van der Waals surface area (Å²) >= 11 is 0. The van der Waals surface area contributed by atoms with Gasteiger partial charge < -0.3 is 15.8 Å². The van der Waals surface area contributed by atoms with Crippen LogP contribution in [0.1, 0.15) is 23.2 Å². The predicted octanol–water partition coefficient (Wildman–Crippen LogP) is 3.29. The van der Waals surface area contributed by atoms with E-state index < -0.39 is 5.91 Å². The number of pyridine rings is 1. The Kier molecular flexibility index (Phi) is 4.89. The van der Waals surface area contributed by atoms with E-state index >= 15 is 0 Å². The van der Waals surface area contributed by atoms with Crippen LogP contribution < -0.4 is 15.8 Å². The molecule has 3 N–H and O–H groups in total. The molecule has 9 nitrogen and oxygen atoms in total. The predicted molar refractivity (Wildman–Crippen MR) is 116 cm³/mol. The molecule has 1 amide bonds. The van der Waals surface area contributed by atoms with Gasteiger partial charge in [-0.1, -0.05) is 12.1 Å². The van der Waals surface area contributed by atoms with Gasteiger partial charge in [0.05, 0.1) is 24.6 Å². The molecule has 10 heteroatoms. The number of aromatic nitrogens is 5. The number of primary amides is 1. The van der Waals surface area contributed by atoms with Crippen LogP contribution in [0.5, 0.6) is 5.75 Å². The highest BCUT2D eigenvalue weighted by molar-refractivity contribution is 5.99. The number of carbonyl (C=O) groups is 1. The van der Waals surface area contributed by atoms with Gasteiger partial charge in [-0.25, -0.2) is 14.4 Å². The SMILES string of the molecule is COc1cnc(-c2nn(CC3CC3)c3c(F)cccc23)nc1Nc1ccncc1C(N)=O. The smallest absolute Gasteiger partial charge is 0.252 e. The fourth-order valence-corrected chi connectivity index (χ4v) is 3.59. The van der Waals surface area contributed by atoms with E-state index in [0.717, 1.165) is 12.8 Å². The Labute approximate surface area is 182 Å². The topological polar surface area (TPSA) is 121 Å². The van der Waals surface area contributed by atoms with Crippen molar-refractivity contribution >= 4 is 28.3 Å². The molecule has 0 atom stereocenters. The van der Waals surface area contributed by atoms with Crippen molar-refractivity contribution in [2.75, 3.05) is 12.4 Å². The maximum atomic E-state index is 14.7. The van der Waals surface area contributed by atoms with Crippen LogP contribution in [-0.4, -0.2) is 37.7 Å². The summed E-state index contributed by atoms with van der Waals surface area (Å²) in [6, 6.07) is 6.48. The normalized spacial score (nSPS) is 13.3. The third kappa shape index (κ3) is 3.59. The van der Waals surface area contributed by atoms with Crippen LogP contribution in [0.3, 0.4) is 0 Å². The Bertz CT molecular complexity index is 1330. The minimum Gasteiger partial charge on any atom is -0.491 e. The summed E-state index contributed by atoms with van der Waals surface area (Å²) in [5.41, 5.74) is 6.99. The van der Waals surface area contributed by atoms with Crippen LogP contribution in [0.4, 0.5) is 15.9 Å². The zero-order valence-corrected chi connectivity index (χ0v) is 17.2. The largest absolute Gasteiger partial charge is 0.491 e. The quantitative estimate of drug-likeness (QED) is 0.459. The first kappa shape index (κ1) is 19.9. The van der Waals surface area contributed by atoms with Crippen molar-refractivity contribution in [3.05, 3.63) is 54.2 Å². The minimum atomic E-state index is -0.630. The number of nitrogens with two attached hydrogens (primary N) is 1. The van der Waals surface area contributed by atoms with Crippen LogP contribution in [0.25, 0.3) is 22.4 Å². The number of rotatable bonds is 7. The van der Waals surface area contributed by atoms with Gasteiger partial charge in [-0.05, 0) is 30.9 Å². The van der Waals surface area contributed by atoms with Crippen molar-refractivity contribution in [3.8, 4) is 17.3 Å². The molecule has 3 heterocycles. The zero-order chi connectivity index (χ0) is 22.2. The highest BCUT2D eigenvalue weighted by Crippen LogP contribution is 2.35. The first-order chi connectivity index (χ1) is 15.5. The Morgan fingerprint density at radius 3 is 2.91 bits per heavy atom. The molecule has 0 spiro atoms. The number of ether oxygens (including phenoxy) is 1. The molecule has 0 saturated heterocycles. The van der Waals surface area contributed by atoms with Crippen LogP contribution in [0, 0.1) is 11.7 Å². The van der Waals surface area contributed by atoms with Gasteiger partial charge >= 0.3 is 0 Å². The number of nitrogens with one attached hydrogen (secondary N) is 1. The van der Waals surface area contributed by atoms with Gasteiger partial charge in [-0.15, -0.1) is 0 Å². The molecule has 162 valence electrons. The molecule has 0 radical (unpaired) electrons. The number of nitrogens with zero attached hydrogens (tertiary/aromatic N) is 5. The maximum absolute atomic E-state index is 14.7. The number of anilines is 2. The zero-order valence-electron chi connectivity index (χ0n) is 17.2. The lowest BCUT2D eigenvalue weighted by molar-refractivity contribution is 0.100. The van der Waals surface area contributed by atoms with E-state index in [1.54, 1.807) is 22.9 Å². The summed E-state index contributed by atoms with van der Waals surface area (Å²) in [6.45, 7) is 0.650. The lowest BCUT2D eigenvalue weighted by Crippen LogP contribution is -2.14. The fraction of sp³-hybridized carbons (Fsp3) is 0.227. The molecule has 1 aliphatic carbocycles. The number of hydrogen-bond acceptors (Lipinski definition) is 7. The van der Waals surface area contributed by atoms with E-state index in [0.29, 0.717) is 52.1 Å². The van der Waals surface area contributed by atoms with E-state index in [2.05, 4.69) is 25.4 Å². The number of carbonyl (C=O) groups excluding carboxylic acids is 1. The fourth-order valence-electron chi connectivity index (χ4n) is 3.59. The minimum absolute atomic E-state index is 0.205. The van der Waals surface area contributed by atoms with Crippen LogP contribution in [0.15, 0.2) is 42.9 Å². The molecule has 1 aliphatic rings. The Morgan fingerprint density at radius 1 is 1.31 bits per heavy atom. The van der Waals surface area contributed by atoms with Crippen molar-refractivity contribution in [1.82, 2.24) is 24.7 Å². The van der Waals surface area contributed by atoms with Crippen molar-refractivity contribution in [2.24, 2.45) is 11.7 Å². The number of hydrogen-bond donors (Lipinski definition) is 2. The van der Waals surface area contributed by atoms with Crippen LogP contribution >= 0.6 is 0 Å². The van der Waals surface area contributed by atoms with Crippen LogP contribution in [-0.2, 0) is 6.54 Å². The summed E-state index contributed by atoms with van der Waals surface area (Å²) in [5.74, 6) is 0.513. The summed E-state index contributed by atoms with van der Waals surface area (Å²) in [5, 5.41) is 8.34. The van der Waals surface area contributed by atoms with Gasteiger partial charge in [0.2, 0.25) is 0 Å². The average Bonchev–Trinajstić information content (AvgIpc) is 3.53. The van der Waals surface area contributed by atoms with E-state index in [-0.39, 0.29) is 11.4 Å². The van der Waals surface area contributed by atoms with Gasteiger partial charge in [-0.3, -0.25) is 14.5 Å². The van der Waals surface area contributed by atoms with Crippen molar-refractivity contribution in [3.63, 3.8) is 0 Å². The van der Waals surface area contributed by atoms with Crippen molar-refractivity contribution in [2.45, 2.75) is 19.4 Å². The van der Waals surface area contributed by atoms with Gasteiger partial charge in [0, 0.05) is 24.3 Å². The number of para-hydroxylation sites is 1. The van der Waals surface area contributed by atoms with E-state index in [9.17, 15) is 9.18 Å². The molecule has 4 aromatic rings. The van der Waals surface area contributed by atoms with E-state index in [4.69, 9.17) is 10.5 Å². The first-order valence-electron chi connectivity index (χ1n) is 10.1. The number of halogens is 1. The first-order valence-corrected chi connectivity index (χ1v) is 10.1. The molecular weight excluding hydrogens is 413 g/mol. The molecule has 0 aliphatic heterocycles. The van der Waals surface area contributed by atoms with E-state index in [1.807, 2.05) is 0 Å².